The second kappa shape index (κ2) is 14.1. The summed E-state index contributed by atoms with van der Waals surface area (Å²) in [6, 6.07) is 16.5. The maximum Gasteiger partial charge on any atom is 0.262 e. The van der Waals surface area contributed by atoms with E-state index in [4.69, 9.17) is 9.47 Å². The molecular weight excluding hydrogens is 552 g/mol. The number of ether oxygens (including phenoxy) is 2. The second-order valence-electron chi connectivity index (χ2n) is 11.1. The molecule has 224 valence electrons. The van der Waals surface area contributed by atoms with Crippen LogP contribution in [0.4, 0.5) is 0 Å². The molecule has 3 amide bonds. The molecule has 3 N–H and O–H groups in total. The van der Waals surface area contributed by atoms with Crippen LogP contribution in [-0.4, -0.2) is 80.7 Å². The Bertz CT molecular complexity index is 1370. The average molecular weight is 593 g/mol. The highest BCUT2D eigenvalue weighted by Crippen LogP contribution is 2.33. The lowest BCUT2D eigenvalue weighted by atomic mass is 9.94. The summed E-state index contributed by atoms with van der Waals surface area (Å²) < 4.78 is 11.7. The molecule has 10 heteroatoms. The summed E-state index contributed by atoms with van der Waals surface area (Å²) in [5.41, 5.74) is -0.104. The number of benzene rings is 2. The van der Waals surface area contributed by atoms with Gasteiger partial charge in [0.1, 0.15) is 17.3 Å². The number of morpholine rings is 1. The Labute approximate surface area is 250 Å². The van der Waals surface area contributed by atoms with E-state index in [-0.39, 0.29) is 17.7 Å². The Hall–Kier alpha value is -3.47. The molecule has 3 aromatic rings. The lowest BCUT2D eigenvalue weighted by molar-refractivity contribution is -0.132. The highest BCUT2D eigenvalue weighted by Gasteiger charge is 2.44. The van der Waals surface area contributed by atoms with Crippen molar-refractivity contribution in [2.45, 2.75) is 50.1 Å². The molecule has 2 fully saturated rings. The van der Waals surface area contributed by atoms with Crippen LogP contribution in [0, 0.1) is 0 Å². The van der Waals surface area contributed by atoms with Crippen molar-refractivity contribution >= 4 is 39.1 Å². The summed E-state index contributed by atoms with van der Waals surface area (Å²) in [6.45, 7) is 4.71. The lowest BCUT2D eigenvalue weighted by Gasteiger charge is -2.31. The zero-order valence-corrected chi connectivity index (χ0v) is 25.0. The van der Waals surface area contributed by atoms with Crippen molar-refractivity contribution in [1.29, 1.82) is 0 Å². The van der Waals surface area contributed by atoms with E-state index < -0.39 is 11.6 Å². The number of carbonyl (C=O) groups is 3. The number of rotatable bonds is 12. The molecule has 42 heavy (non-hydrogen) atoms. The largest absolute Gasteiger partial charge is 0.497 e. The lowest BCUT2D eigenvalue weighted by Crippen LogP contribution is -2.61. The van der Waals surface area contributed by atoms with Gasteiger partial charge in [0.25, 0.3) is 5.91 Å². The second-order valence-corrected chi connectivity index (χ2v) is 12.2. The molecule has 0 bridgehead atoms. The van der Waals surface area contributed by atoms with Gasteiger partial charge in [-0.05, 0) is 61.0 Å². The fourth-order valence-electron chi connectivity index (χ4n) is 5.73. The Morgan fingerprint density at radius 1 is 1.05 bits per heavy atom. The van der Waals surface area contributed by atoms with Gasteiger partial charge in [0.2, 0.25) is 11.8 Å². The van der Waals surface area contributed by atoms with Crippen molar-refractivity contribution < 1.29 is 23.9 Å². The molecule has 5 rings (SSSR count). The number of amides is 3. The molecule has 1 aliphatic carbocycles. The summed E-state index contributed by atoms with van der Waals surface area (Å²) in [7, 11) is 1.61. The summed E-state index contributed by atoms with van der Waals surface area (Å²) in [4.78, 5) is 43.6. The number of fused-ring (bicyclic) bond motifs is 1. The molecule has 0 unspecified atom stereocenters. The van der Waals surface area contributed by atoms with Gasteiger partial charge in [0.15, 0.2) is 0 Å². The first-order valence-electron chi connectivity index (χ1n) is 14.8. The molecular formula is C32H40N4O5S. The Kier molecular flexibility index (Phi) is 10.1. The fraction of sp³-hybridized carbons (Fsp3) is 0.469. The van der Waals surface area contributed by atoms with Gasteiger partial charge in [-0.3, -0.25) is 19.3 Å². The van der Waals surface area contributed by atoms with Gasteiger partial charge in [-0.15, -0.1) is 11.3 Å². The Morgan fingerprint density at radius 2 is 1.81 bits per heavy atom. The van der Waals surface area contributed by atoms with E-state index in [0.717, 1.165) is 73.5 Å². The number of methoxy groups -OCH3 is 1. The van der Waals surface area contributed by atoms with Gasteiger partial charge in [-0.1, -0.05) is 43.2 Å². The predicted octanol–water partition coefficient (Wildman–Crippen LogP) is 3.52. The number of carbonyl (C=O) groups excluding carboxylic acids is 3. The molecule has 1 saturated carbocycles. The number of hydrogen-bond acceptors (Lipinski definition) is 7. The van der Waals surface area contributed by atoms with E-state index in [9.17, 15) is 14.4 Å². The fourth-order valence-corrected chi connectivity index (χ4v) is 6.72. The normalized spacial score (nSPS) is 17.5. The zero-order chi connectivity index (χ0) is 29.4. The van der Waals surface area contributed by atoms with Crippen molar-refractivity contribution in [3.8, 4) is 5.75 Å². The summed E-state index contributed by atoms with van der Waals surface area (Å²) in [5, 5.41) is 10.1. The first-order valence-corrected chi connectivity index (χ1v) is 15.6. The minimum Gasteiger partial charge on any atom is -0.497 e. The summed E-state index contributed by atoms with van der Waals surface area (Å²) in [6.07, 6.45) is 3.90. The van der Waals surface area contributed by atoms with E-state index in [1.165, 1.54) is 11.3 Å². The van der Waals surface area contributed by atoms with Gasteiger partial charge in [0, 0.05) is 30.8 Å². The van der Waals surface area contributed by atoms with Crippen LogP contribution in [0.1, 0.15) is 47.3 Å². The van der Waals surface area contributed by atoms with Gasteiger partial charge < -0.3 is 25.4 Å². The maximum atomic E-state index is 13.9. The summed E-state index contributed by atoms with van der Waals surface area (Å²) in [5.74, 6) is -0.0706. The van der Waals surface area contributed by atoms with Crippen LogP contribution in [0.5, 0.6) is 5.75 Å². The molecule has 2 heterocycles. The van der Waals surface area contributed by atoms with Crippen molar-refractivity contribution in [3.05, 3.63) is 65.0 Å². The molecule has 1 saturated heterocycles. The Morgan fingerprint density at radius 3 is 2.55 bits per heavy atom. The van der Waals surface area contributed by atoms with Gasteiger partial charge >= 0.3 is 0 Å². The third kappa shape index (κ3) is 7.48. The van der Waals surface area contributed by atoms with E-state index in [0.29, 0.717) is 30.7 Å². The van der Waals surface area contributed by atoms with Gasteiger partial charge in [-0.2, -0.15) is 0 Å². The zero-order valence-electron chi connectivity index (χ0n) is 24.2. The summed E-state index contributed by atoms with van der Waals surface area (Å²) >= 11 is 1.37. The molecule has 1 aliphatic heterocycles. The average Bonchev–Trinajstić information content (AvgIpc) is 3.67. The van der Waals surface area contributed by atoms with Crippen LogP contribution < -0.4 is 20.7 Å². The van der Waals surface area contributed by atoms with Crippen molar-refractivity contribution in [1.82, 2.24) is 20.9 Å². The first-order chi connectivity index (χ1) is 20.5. The highest BCUT2D eigenvalue weighted by molar-refractivity contribution is 7.20. The van der Waals surface area contributed by atoms with E-state index >= 15 is 0 Å². The van der Waals surface area contributed by atoms with Crippen LogP contribution in [0.3, 0.4) is 0 Å². The minimum absolute atomic E-state index is 0.216. The molecule has 2 aliphatic rings. The molecule has 1 atom stereocenters. The topological polar surface area (TPSA) is 109 Å². The van der Waals surface area contributed by atoms with E-state index in [1.807, 2.05) is 54.6 Å². The standard InChI is InChI=1S/C32H40N4O5S/c1-40-25-11-10-24-21-28(42-27(24)22-25)30(38)35-32(12-5-6-13-32)31(39)34-26(20-23-8-3-2-4-9-23)29(37)33-14-7-15-36-16-18-41-19-17-36/h2-4,8-11,21-22,26H,5-7,12-20H2,1H3,(H,33,37)(H,34,39)(H,35,38)/t26-/m1/s1. The number of hydrogen-bond donors (Lipinski definition) is 3. The number of nitrogens with one attached hydrogen (secondary N) is 3. The van der Waals surface area contributed by atoms with Crippen LogP contribution >= 0.6 is 11.3 Å². The number of thiophene rings is 1. The molecule has 0 radical (unpaired) electrons. The third-order valence-electron chi connectivity index (χ3n) is 8.15. The third-order valence-corrected chi connectivity index (χ3v) is 9.25. The van der Waals surface area contributed by atoms with Crippen molar-refractivity contribution in [2.24, 2.45) is 0 Å². The molecule has 2 aromatic carbocycles. The van der Waals surface area contributed by atoms with Crippen LogP contribution in [0.15, 0.2) is 54.6 Å². The SMILES string of the molecule is COc1ccc2cc(C(=O)NC3(C(=O)N[C@H](Cc4ccccc4)C(=O)NCCCN4CCOCC4)CCCC3)sc2c1. The van der Waals surface area contributed by atoms with Crippen LogP contribution in [-0.2, 0) is 20.7 Å². The van der Waals surface area contributed by atoms with Crippen LogP contribution in [0.25, 0.3) is 10.1 Å². The van der Waals surface area contributed by atoms with Gasteiger partial charge in [-0.25, -0.2) is 0 Å². The van der Waals surface area contributed by atoms with Crippen LogP contribution in [0.2, 0.25) is 0 Å². The maximum absolute atomic E-state index is 13.9. The first kappa shape index (κ1) is 30.0. The predicted molar refractivity (Wildman–Crippen MR) is 164 cm³/mol. The van der Waals surface area contributed by atoms with Crippen molar-refractivity contribution in [3.63, 3.8) is 0 Å². The van der Waals surface area contributed by atoms with Gasteiger partial charge in [0.05, 0.1) is 25.2 Å². The minimum atomic E-state index is -1.06. The molecule has 0 spiro atoms. The quantitative estimate of drug-likeness (QED) is 0.278. The van der Waals surface area contributed by atoms with E-state index in [1.54, 1.807) is 7.11 Å². The number of nitrogens with zero attached hydrogens (tertiary/aromatic N) is 1. The van der Waals surface area contributed by atoms with Crippen molar-refractivity contribution in [2.75, 3.05) is 46.5 Å². The monoisotopic (exact) mass is 592 g/mol. The smallest absolute Gasteiger partial charge is 0.262 e. The highest BCUT2D eigenvalue weighted by atomic mass is 32.1. The Balaban J connectivity index is 1.26. The van der Waals surface area contributed by atoms with E-state index in [2.05, 4.69) is 20.9 Å². The molecule has 1 aromatic heterocycles. The molecule has 9 nitrogen and oxygen atoms in total.